The number of nitrogens with zero attached hydrogens (tertiary/aromatic N) is 1. The van der Waals surface area contributed by atoms with E-state index in [1.54, 1.807) is 0 Å². The summed E-state index contributed by atoms with van der Waals surface area (Å²) in [4.78, 5) is 22.1. The molecule has 20 heavy (non-hydrogen) atoms. The average molecular weight is 281 g/mol. The van der Waals surface area contributed by atoms with Crippen molar-refractivity contribution in [2.75, 3.05) is 19.0 Å². The number of carbonyl (C=O) groups is 1. The number of benzene rings is 1. The third-order valence-electron chi connectivity index (χ3n) is 3.01. The van der Waals surface area contributed by atoms with Crippen LogP contribution in [0.2, 0.25) is 0 Å². The first-order valence-corrected chi connectivity index (χ1v) is 6.41. The molecule has 7 heteroatoms. The highest BCUT2D eigenvalue weighted by Crippen LogP contribution is 2.27. The van der Waals surface area contributed by atoms with E-state index >= 15 is 0 Å². The molecule has 1 amide bonds. The van der Waals surface area contributed by atoms with Gasteiger partial charge in [-0.1, -0.05) is 6.92 Å². The van der Waals surface area contributed by atoms with Crippen molar-refractivity contribution < 1.29 is 14.8 Å². The fraction of sp³-hybridized carbons (Fsp3) is 0.462. The topological polar surface area (TPSA) is 104 Å². The third-order valence-corrected chi connectivity index (χ3v) is 3.01. The number of nitro benzene ring substituents is 1. The minimum atomic E-state index is -0.498. The largest absolute Gasteiger partial charge is 0.396 e. The molecule has 0 heterocycles. The van der Waals surface area contributed by atoms with Crippen molar-refractivity contribution in [2.24, 2.45) is 0 Å². The molecule has 1 atom stereocenters. The monoisotopic (exact) mass is 281 g/mol. The van der Waals surface area contributed by atoms with Gasteiger partial charge in [-0.15, -0.1) is 0 Å². The standard InChI is InChI=1S/C13H19N3O4/c1-3-10(6-7-17)15-11-8-9(13(18)14-2)4-5-12(11)16(19)20/h4-5,8,10,15,17H,3,6-7H2,1-2H3,(H,14,18). The number of anilines is 1. The zero-order valence-electron chi connectivity index (χ0n) is 11.5. The van der Waals surface area contributed by atoms with Gasteiger partial charge in [0.1, 0.15) is 5.69 Å². The molecule has 0 bridgehead atoms. The molecular formula is C13H19N3O4. The van der Waals surface area contributed by atoms with Crippen LogP contribution in [0.25, 0.3) is 0 Å². The molecule has 7 nitrogen and oxygen atoms in total. The van der Waals surface area contributed by atoms with E-state index in [9.17, 15) is 14.9 Å². The minimum absolute atomic E-state index is 0.00551. The molecule has 3 N–H and O–H groups in total. The Bertz CT molecular complexity index is 491. The van der Waals surface area contributed by atoms with E-state index in [1.807, 2.05) is 6.92 Å². The smallest absolute Gasteiger partial charge is 0.292 e. The molecule has 0 saturated carbocycles. The van der Waals surface area contributed by atoms with E-state index in [-0.39, 0.29) is 29.9 Å². The zero-order chi connectivity index (χ0) is 15.1. The summed E-state index contributed by atoms with van der Waals surface area (Å²) in [6, 6.07) is 4.09. The van der Waals surface area contributed by atoms with E-state index < -0.39 is 4.92 Å². The Morgan fingerprint density at radius 2 is 2.20 bits per heavy atom. The van der Waals surface area contributed by atoms with Crippen molar-refractivity contribution in [1.29, 1.82) is 0 Å². The predicted octanol–water partition coefficient (Wildman–Crippen LogP) is 1.53. The van der Waals surface area contributed by atoms with Gasteiger partial charge < -0.3 is 15.7 Å². The van der Waals surface area contributed by atoms with Gasteiger partial charge in [-0.2, -0.15) is 0 Å². The maximum Gasteiger partial charge on any atom is 0.292 e. The molecular weight excluding hydrogens is 262 g/mol. The third kappa shape index (κ3) is 3.92. The molecule has 0 aromatic heterocycles. The Labute approximate surface area is 117 Å². The summed E-state index contributed by atoms with van der Waals surface area (Å²) in [5, 5.41) is 25.5. The predicted molar refractivity (Wildman–Crippen MR) is 75.9 cm³/mol. The molecule has 0 aliphatic carbocycles. The molecule has 0 fully saturated rings. The number of nitro groups is 1. The van der Waals surface area contributed by atoms with Crippen LogP contribution in [0.1, 0.15) is 30.1 Å². The van der Waals surface area contributed by atoms with Crippen LogP contribution in [0, 0.1) is 10.1 Å². The lowest BCUT2D eigenvalue weighted by Gasteiger charge is -2.17. The summed E-state index contributed by atoms with van der Waals surface area (Å²) >= 11 is 0. The van der Waals surface area contributed by atoms with Crippen LogP contribution in [0.15, 0.2) is 18.2 Å². The zero-order valence-corrected chi connectivity index (χ0v) is 11.5. The molecule has 0 spiro atoms. The highest BCUT2D eigenvalue weighted by atomic mass is 16.6. The van der Waals surface area contributed by atoms with Gasteiger partial charge in [0.25, 0.3) is 11.6 Å². The maximum absolute atomic E-state index is 11.6. The summed E-state index contributed by atoms with van der Waals surface area (Å²) in [5.74, 6) is -0.307. The van der Waals surface area contributed by atoms with Crippen molar-refractivity contribution in [3.63, 3.8) is 0 Å². The van der Waals surface area contributed by atoms with E-state index in [0.717, 1.165) is 0 Å². The highest BCUT2D eigenvalue weighted by Gasteiger charge is 2.18. The van der Waals surface area contributed by atoms with Gasteiger partial charge in [0.2, 0.25) is 0 Å². The Hall–Kier alpha value is -2.15. The van der Waals surface area contributed by atoms with Gasteiger partial charge in [0.15, 0.2) is 0 Å². The Balaban J connectivity index is 3.11. The lowest BCUT2D eigenvalue weighted by molar-refractivity contribution is -0.384. The number of hydrogen-bond acceptors (Lipinski definition) is 5. The fourth-order valence-corrected chi connectivity index (χ4v) is 1.85. The number of nitrogens with one attached hydrogen (secondary N) is 2. The van der Waals surface area contributed by atoms with Crippen LogP contribution < -0.4 is 10.6 Å². The number of aliphatic hydroxyl groups excluding tert-OH is 1. The van der Waals surface area contributed by atoms with Crippen molar-refractivity contribution in [3.8, 4) is 0 Å². The lowest BCUT2D eigenvalue weighted by Crippen LogP contribution is -2.22. The van der Waals surface area contributed by atoms with Crippen LogP contribution in [0.4, 0.5) is 11.4 Å². The quantitative estimate of drug-likeness (QED) is 0.519. The Morgan fingerprint density at radius 3 is 2.70 bits per heavy atom. The molecule has 0 aliphatic heterocycles. The average Bonchev–Trinajstić information content (AvgIpc) is 2.45. The summed E-state index contributed by atoms with van der Waals surface area (Å²) in [6.45, 7) is 1.91. The van der Waals surface area contributed by atoms with Crippen LogP contribution in [0.5, 0.6) is 0 Å². The van der Waals surface area contributed by atoms with E-state index in [4.69, 9.17) is 5.11 Å². The first kappa shape index (κ1) is 15.9. The summed E-state index contributed by atoms with van der Waals surface area (Å²) in [6.07, 6.45) is 1.19. The molecule has 1 aromatic carbocycles. The Morgan fingerprint density at radius 1 is 1.50 bits per heavy atom. The van der Waals surface area contributed by atoms with E-state index in [0.29, 0.717) is 18.4 Å². The number of hydrogen-bond donors (Lipinski definition) is 3. The highest BCUT2D eigenvalue weighted by molar-refractivity contribution is 5.95. The molecule has 1 aromatic rings. The van der Waals surface area contributed by atoms with Crippen LogP contribution in [0.3, 0.4) is 0 Å². The molecule has 1 rings (SSSR count). The van der Waals surface area contributed by atoms with Gasteiger partial charge in [0, 0.05) is 31.3 Å². The van der Waals surface area contributed by atoms with Crippen LogP contribution in [-0.4, -0.2) is 35.6 Å². The second-order valence-corrected chi connectivity index (χ2v) is 4.33. The SMILES string of the molecule is CCC(CCO)Nc1cc(C(=O)NC)ccc1[N+](=O)[O-]. The van der Waals surface area contributed by atoms with Crippen molar-refractivity contribution in [2.45, 2.75) is 25.8 Å². The summed E-state index contributed by atoms with van der Waals surface area (Å²) in [5.41, 5.74) is 0.546. The molecule has 110 valence electrons. The van der Waals surface area contributed by atoms with Gasteiger partial charge in [0.05, 0.1) is 4.92 Å². The summed E-state index contributed by atoms with van der Waals surface area (Å²) in [7, 11) is 1.50. The number of aliphatic hydroxyl groups is 1. The van der Waals surface area contributed by atoms with Crippen LogP contribution >= 0.6 is 0 Å². The van der Waals surface area contributed by atoms with Gasteiger partial charge in [-0.3, -0.25) is 14.9 Å². The van der Waals surface area contributed by atoms with E-state index in [2.05, 4.69) is 10.6 Å². The van der Waals surface area contributed by atoms with Crippen molar-refractivity contribution in [1.82, 2.24) is 5.32 Å². The Kier molecular flexibility index (Phi) is 5.92. The molecule has 0 aliphatic rings. The fourth-order valence-electron chi connectivity index (χ4n) is 1.85. The molecule has 0 saturated heterocycles. The number of carbonyl (C=O) groups excluding carboxylic acids is 1. The summed E-state index contributed by atoms with van der Waals surface area (Å²) < 4.78 is 0. The second-order valence-electron chi connectivity index (χ2n) is 4.33. The first-order chi connectivity index (χ1) is 9.53. The van der Waals surface area contributed by atoms with Crippen molar-refractivity contribution >= 4 is 17.3 Å². The van der Waals surface area contributed by atoms with Gasteiger partial charge >= 0.3 is 0 Å². The van der Waals surface area contributed by atoms with Gasteiger partial charge in [-0.25, -0.2) is 0 Å². The molecule has 0 radical (unpaired) electrons. The first-order valence-electron chi connectivity index (χ1n) is 6.41. The second kappa shape index (κ2) is 7.44. The minimum Gasteiger partial charge on any atom is -0.396 e. The maximum atomic E-state index is 11.6. The molecule has 1 unspecified atom stereocenters. The normalized spacial score (nSPS) is 11.8. The van der Waals surface area contributed by atoms with Crippen molar-refractivity contribution in [3.05, 3.63) is 33.9 Å². The van der Waals surface area contributed by atoms with Crippen LogP contribution in [-0.2, 0) is 0 Å². The van der Waals surface area contributed by atoms with Gasteiger partial charge in [-0.05, 0) is 25.0 Å². The number of amides is 1. The number of rotatable bonds is 7. The lowest BCUT2D eigenvalue weighted by atomic mass is 10.1. The van der Waals surface area contributed by atoms with E-state index in [1.165, 1.54) is 25.2 Å².